The Kier molecular flexibility index (Phi) is 5.51. The molecule has 1 N–H and O–H groups in total. The molecule has 3 rings (SSSR count). The predicted molar refractivity (Wildman–Crippen MR) is 93.5 cm³/mol. The number of carbonyl (C=O) groups excluding carboxylic acids is 1. The smallest absolute Gasteiger partial charge is 0.223 e. The van der Waals surface area contributed by atoms with E-state index in [1.165, 1.54) is 0 Å². The molecular formula is C19H29N3O2. The molecule has 3 atom stereocenters. The van der Waals surface area contributed by atoms with Crippen LogP contribution < -0.4 is 5.32 Å². The second-order valence-corrected chi connectivity index (χ2v) is 7.43. The van der Waals surface area contributed by atoms with Gasteiger partial charge in [0.25, 0.3) is 0 Å². The molecule has 5 nitrogen and oxygen atoms in total. The molecule has 2 saturated heterocycles. The lowest BCUT2D eigenvalue weighted by molar-refractivity contribution is -0.142. The predicted octanol–water partition coefficient (Wildman–Crippen LogP) is 2.14. The Balaban J connectivity index is 1.66. The van der Waals surface area contributed by atoms with Crippen molar-refractivity contribution in [1.82, 2.24) is 15.2 Å². The zero-order valence-corrected chi connectivity index (χ0v) is 15.0. The highest BCUT2D eigenvalue weighted by molar-refractivity contribution is 5.79. The summed E-state index contributed by atoms with van der Waals surface area (Å²) in [5.74, 6) is 0.550. The minimum atomic E-state index is 0.0689. The third kappa shape index (κ3) is 4.14. The number of amides is 1. The van der Waals surface area contributed by atoms with Crippen LogP contribution in [0.5, 0.6) is 0 Å². The van der Waals surface area contributed by atoms with Crippen molar-refractivity contribution in [1.29, 1.82) is 0 Å². The van der Waals surface area contributed by atoms with Crippen LogP contribution >= 0.6 is 0 Å². The van der Waals surface area contributed by atoms with Crippen molar-refractivity contribution in [2.24, 2.45) is 11.8 Å². The molecule has 3 heterocycles. The third-order valence-electron chi connectivity index (χ3n) is 5.05. The van der Waals surface area contributed by atoms with E-state index in [2.05, 4.69) is 27.3 Å². The molecule has 2 aliphatic rings. The summed E-state index contributed by atoms with van der Waals surface area (Å²) in [5.41, 5.74) is 2.16. The van der Waals surface area contributed by atoms with E-state index in [1.54, 1.807) is 0 Å². The standard InChI is InChI=1S/C19H29N3O2/c1-13(2)20-19(23)16-8-10-24-18-7-9-22(12-17(16)18)11-15-6-4-5-14(3)21-15/h4-6,13,16-18H,7-12H2,1-3H3,(H,20,23)/t16-,17+,18-/m0/s1. The molecule has 5 heteroatoms. The lowest BCUT2D eigenvalue weighted by Gasteiger charge is -2.44. The van der Waals surface area contributed by atoms with E-state index in [0.717, 1.165) is 43.9 Å². The number of ether oxygens (including phenoxy) is 1. The first-order chi connectivity index (χ1) is 11.5. The lowest BCUT2D eigenvalue weighted by Crippen LogP contribution is -2.53. The number of hydrogen-bond acceptors (Lipinski definition) is 4. The molecule has 0 unspecified atom stereocenters. The van der Waals surface area contributed by atoms with Gasteiger partial charge in [-0.25, -0.2) is 0 Å². The molecule has 0 aromatic carbocycles. The zero-order chi connectivity index (χ0) is 17.1. The summed E-state index contributed by atoms with van der Waals surface area (Å²) in [4.78, 5) is 19.6. The Bertz CT molecular complexity index is 575. The number of aromatic nitrogens is 1. The number of nitrogens with zero attached hydrogens (tertiary/aromatic N) is 2. The maximum absolute atomic E-state index is 12.6. The molecule has 2 fully saturated rings. The highest BCUT2D eigenvalue weighted by Gasteiger charge is 2.41. The van der Waals surface area contributed by atoms with E-state index in [-0.39, 0.29) is 29.9 Å². The summed E-state index contributed by atoms with van der Waals surface area (Å²) in [7, 11) is 0. The minimum absolute atomic E-state index is 0.0689. The summed E-state index contributed by atoms with van der Waals surface area (Å²) in [6, 6.07) is 6.36. The van der Waals surface area contributed by atoms with Gasteiger partial charge in [-0.3, -0.25) is 14.7 Å². The maximum atomic E-state index is 12.6. The highest BCUT2D eigenvalue weighted by atomic mass is 16.5. The molecule has 1 aromatic rings. The van der Waals surface area contributed by atoms with E-state index in [0.29, 0.717) is 6.61 Å². The fraction of sp³-hybridized carbons (Fsp3) is 0.684. The Hall–Kier alpha value is -1.46. The fourth-order valence-electron chi connectivity index (χ4n) is 3.96. The Labute approximate surface area is 144 Å². The average Bonchev–Trinajstić information content (AvgIpc) is 2.53. The third-order valence-corrected chi connectivity index (χ3v) is 5.05. The zero-order valence-electron chi connectivity index (χ0n) is 15.0. The van der Waals surface area contributed by atoms with E-state index >= 15 is 0 Å². The normalized spacial score (nSPS) is 27.8. The molecule has 0 aliphatic carbocycles. The summed E-state index contributed by atoms with van der Waals surface area (Å²) < 4.78 is 5.96. The number of pyridine rings is 1. The number of hydrogen-bond donors (Lipinski definition) is 1. The van der Waals surface area contributed by atoms with Crippen LogP contribution in [0.4, 0.5) is 0 Å². The monoisotopic (exact) mass is 331 g/mol. The fourth-order valence-corrected chi connectivity index (χ4v) is 3.96. The van der Waals surface area contributed by atoms with Crippen LogP contribution in [0, 0.1) is 18.8 Å². The van der Waals surface area contributed by atoms with Gasteiger partial charge in [0.2, 0.25) is 5.91 Å². The number of rotatable bonds is 4. The maximum Gasteiger partial charge on any atom is 0.223 e. The molecule has 1 amide bonds. The number of nitrogens with one attached hydrogen (secondary N) is 1. The Morgan fingerprint density at radius 3 is 3.00 bits per heavy atom. The van der Waals surface area contributed by atoms with Crippen LogP contribution in [0.1, 0.15) is 38.1 Å². The molecule has 0 saturated carbocycles. The number of likely N-dealkylation sites (tertiary alicyclic amines) is 1. The van der Waals surface area contributed by atoms with E-state index in [9.17, 15) is 4.79 Å². The van der Waals surface area contributed by atoms with Crippen LogP contribution in [0.25, 0.3) is 0 Å². The number of carbonyl (C=O) groups is 1. The van der Waals surface area contributed by atoms with Gasteiger partial charge in [0.15, 0.2) is 0 Å². The minimum Gasteiger partial charge on any atom is -0.378 e. The van der Waals surface area contributed by atoms with Crippen molar-refractivity contribution < 1.29 is 9.53 Å². The van der Waals surface area contributed by atoms with Gasteiger partial charge in [0.05, 0.1) is 11.8 Å². The quantitative estimate of drug-likeness (QED) is 0.918. The van der Waals surface area contributed by atoms with E-state index < -0.39 is 0 Å². The SMILES string of the molecule is Cc1cccc(CN2CC[C@@H]3OCC[C@H](C(=O)NC(C)C)[C@H]3C2)n1. The Morgan fingerprint density at radius 2 is 2.25 bits per heavy atom. The Morgan fingerprint density at radius 1 is 1.42 bits per heavy atom. The molecule has 24 heavy (non-hydrogen) atoms. The van der Waals surface area contributed by atoms with Gasteiger partial charge in [-0.05, 0) is 45.7 Å². The summed E-state index contributed by atoms with van der Waals surface area (Å²) >= 11 is 0. The van der Waals surface area contributed by atoms with Crippen molar-refractivity contribution in [2.75, 3.05) is 19.7 Å². The molecular weight excluding hydrogens is 302 g/mol. The van der Waals surface area contributed by atoms with Crippen LogP contribution in [0.2, 0.25) is 0 Å². The van der Waals surface area contributed by atoms with E-state index in [1.807, 2.05) is 26.8 Å². The van der Waals surface area contributed by atoms with Gasteiger partial charge < -0.3 is 10.1 Å². The lowest BCUT2D eigenvalue weighted by atomic mass is 9.79. The highest BCUT2D eigenvalue weighted by Crippen LogP contribution is 2.33. The van der Waals surface area contributed by atoms with Crippen molar-refractivity contribution in [3.05, 3.63) is 29.6 Å². The van der Waals surface area contributed by atoms with Gasteiger partial charge in [-0.15, -0.1) is 0 Å². The van der Waals surface area contributed by atoms with Crippen molar-refractivity contribution in [3.63, 3.8) is 0 Å². The molecule has 0 radical (unpaired) electrons. The van der Waals surface area contributed by atoms with Gasteiger partial charge >= 0.3 is 0 Å². The van der Waals surface area contributed by atoms with Gasteiger partial charge in [-0.2, -0.15) is 0 Å². The molecule has 132 valence electrons. The van der Waals surface area contributed by atoms with Crippen LogP contribution in [-0.4, -0.2) is 47.6 Å². The van der Waals surface area contributed by atoms with E-state index in [4.69, 9.17) is 4.74 Å². The summed E-state index contributed by atoms with van der Waals surface area (Å²) in [6.07, 6.45) is 2.06. The van der Waals surface area contributed by atoms with Gasteiger partial charge in [-0.1, -0.05) is 6.07 Å². The second-order valence-electron chi connectivity index (χ2n) is 7.43. The second kappa shape index (κ2) is 7.62. The van der Waals surface area contributed by atoms with Crippen LogP contribution in [-0.2, 0) is 16.1 Å². The first-order valence-corrected chi connectivity index (χ1v) is 9.10. The summed E-state index contributed by atoms with van der Waals surface area (Å²) in [6.45, 7) is 9.54. The average molecular weight is 331 g/mol. The molecule has 0 spiro atoms. The topological polar surface area (TPSA) is 54.5 Å². The molecule has 1 aromatic heterocycles. The van der Waals surface area contributed by atoms with Crippen molar-refractivity contribution in [3.8, 4) is 0 Å². The molecule has 2 aliphatic heterocycles. The summed E-state index contributed by atoms with van der Waals surface area (Å²) in [5, 5.41) is 3.09. The van der Waals surface area contributed by atoms with Gasteiger partial charge in [0.1, 0.15) is 0 Å². The van der Waals surface area contributed by atoms with Crippen molar-refractivity contribution >= 4 is 5.91 Å². The van der Waals surface area contributed by atoms with Crippen LogP contribution in [0.15, 0.2) is 18.2 Å². The number of aryl methyl sites for hydroxylation is 1. The number of piperidine rings is 1. The largest absolute Gasteiger partial charge is 0.378 e. The first-order valence-electron chi connectivity index (χ1n) is 9.10. The molecule has 0 bridgehead atoms. The van der Waals surface area contributed by atoms with Gasteiger partial charge in [0, 0.05) is 49.8 Å². The van der Waals surface area contributed by atoms with Crippen molar-refractivity contribution in [2.45, 2.75) is 52.3 Å². The van der Waals surface area contributed by atoms with Crippen LogP contribution in [0.3, 0.4) is 0 Å². The first kappa shape index (κ1) is 17.4. The number of fused-ring (bicyclic) bond motifs is 1.